The lowest BCUT2D eigenvalue weighted by Crippen LogP contribution is -2.26. The minimum Gasteiger partial charge on any atom is -0.489 e. The third-order valence-corrected chi connectivity index (χ3v) is 5.93. The number of nitrogens with zero attached hydrogens (tertiary/aromatic N) is 1. The van der Waals surface area contributed by atoms with Gasteiger partial charge in [-0.3, -0.25) is 9.59 Å². The Morgan fingerprint density at radius 2 is 1.91 bits per heavy atom. The first-order chi connectivity index (χ1) is 16.1. The van der Waals surface area contributed by atoms with Gasteiger partial charge in [-0.1, -0.05) is 24.3 Å². The number of anilines is 2. The number of amides is 2. The van der Waals surface area contributed by atoms with E-state index < -0.39 is 0 Å². The van der Waals surface area contributed by atoms with Crippen LogP contribution in [-0.4, -0.2) is 35.1 Å². The Morgan fingerprint density at radius 1 is 1.09 bits per heavy atom. The van der Waals surface area contributed by atoms with Crippen LogP contribution in [0.25, 0.3) is 10.1 Å². The molecule has 0 atom stereocenters. The van der Waals surface area contributed by atoms with E-state index in [1.807, 2.05) is 23.6 Å². The molecule has 0 bridgehead atoms. The molecule has 0 unspecified atom stereocenters. The van der Waals surface area contributed by atoms with Gasteiger partial charge in [0.25, 0.3) is 11.8 Å². The van der Waals surface area contributed by atoms with E-state index >= 15 is 0 Å². The SMILES string of the molecule is Nc1ncc(C(=O)NCCO)c2scc(COc3cccc(NC(=O)c4ccccc4)c3)c12. The summed E-state index contributed by atoms with van der Waals surface area (Å²) in [5.74, 6) is 0.358. The summed E-state index contributed by atoms with van der Waals surface area (Å²) in [5.41, 5.74) is 8.47. The van der Waals surface area contributed by atoms with Gasteiger partial charge in [-0.25, -0.2) is 4.98 Å². The molecule has 4 rings (SSSR count). The van der Waals surface area contributed by atoms with Crippen LogP contribution in [0.5, 0.6) is 5.75 Å². The second kappa shape index (κ2) is 10.1. The molecule has 0 radical (unpaired) electrons. The highest BCUT2D eigenvalue weighted by atomic mass is 32.1. The molecule has 2 heterocycles. The molecule has 0 aliphatic heterocycles. The van der Waals surface area contributed by atoms with Crippen LogP contribution in [0.15, 0.2) is 66.2 Å². The van der Waals surface area contributed by atoms with E-state index in [1.165, 1.54) is 17.5 Å². The van der Waals surface area contributed by atoms with Crippen LogP contribution >= 0.6 is 11.3 Å². The van der Waals surface area contributed by atoms with Gasteiger partial charge in [0.1, 0.15) is 18.2 Å². The molecule has 2 aromatic carbocycles. The second-order valence-electron chi connectivity index (χ2n) is 7.14. The molecule has 4 aromatic rings. The lowest BCUT2D eigenvalue weighted by Gasteiger charge is -2.10. The monoisotopic (exact) mass is 462 g/mol. The average Bonchev–Trinajstić information content (AvgIpc) is 3.27. The molecule has 168 valence electrons. The Hall–Kier alpha value is -3.95. The van der Waals surface area contributed by atoms with Crippen molar-refractivity contribution in [1.82, 2.24) is 10.3 Å². The van der Waals surface area contributed by atoms with Crippen LogP contribution in [0.4, 0.5) is 11.5 Å². The van der Waals surface area contributed by atoms with Crippen molar-refractivity contribution in [2.45, 2.75) is 6.61 Å². The number of nitrogens with one attached hydrogen (secondary N) is 2. The minimum absolute atomic E-state index is 0.147. The largest absolute Gasteiger partial charge is 0.489 e. The van der Waals surface area contributed by atoms with Gasteiger partial charge in [0.05, 0.1) is 16.9 Å². The summed E-state index contributed by atoms with van der Waals surface area (Å²) in [6.07, 6.45) is 1.43. The molecular formula is C24H22N4O4S. The minimum atomic E-state index is -0.322. The van der Waals surface area contributed by atoms with Crippen molar-refractivity contribution in [1.29, 1.82) is 0 Å². The maximum atomic E-state index is 12.4. The van der Waals surface area contributed by atoms with E-state index in [1.54, 1.807) is 36.4 Å². The van der Waals surface area contributed by atoms with Crippen molar-refractivity contribution in [2.75, 3.05) is 24.2 Å². The maximum Gasteiger partial charge on any atom is 0.255 e. The van der Waals surface area contributed by atoms with E-state index in [0.717, 1.165) is 5.56 Å². The Kier molecular flexibility index (Phi) is 6.82. The molecule has 0 saturated carbocycles. The van der Waals surface area contributed by atoms with Crippen LogP contribution in [0.3, 0.4) is 0 Å². The van der Waals surface area contributed by atoms with E-state index in [0.29, 0.717) is 38.5 Å². The number of pyridine rings is 1. The lowest BCUT2D eigenvalue weighted by molar-refractivity contribution is 0.0945. The van der Waals surface area contributed by atoms with Crippen LogP contribution in [-0.2, 0) is 6.61 Å². The number of nitrogen functional groups attached to an aromatic ring is 1. The third kappa shape index (κ3) is 5.11. The van der Waals surface area contributed by atoms with Crippen molar-refractivity contribution in [3.8, 4) is 5.75 Å². The molecule has 9 heteroatoms. The summed E-state index contributed by atoms with van der Waals surface area (Å²) < 4.78 is 6.65. The molecule has 0 saturated heterocycles. The van der Waals surface area contributed by atoms with Crippen LogP contribution in [0.2, 0.25) is 0 Å². The summed E-state index contributed by atoms with van der Waals surface area (Å²) >= 11 is 1.38. The number of aliphatic hydroxyl groups excluding tert-OH is 1. The number of carbonyl (C=O) groups excluding carboxylic acids is 2. The molecule has 8 nitrogen and oxygen atoms in total. The molecule has 0 aliphatic rings. The molecule has 5 N–H and O–H groups in total. The highest BCUT2D eigenvalue weighted by molar-refractivity contribution is 7.17. The molecule has 2 aromatic heterocycles. The van der Waals surface area contributed by atoms with Gasteiger partial charge >= 0.3 is 0 Å². The summed E-state index contributed by atoms with van der Waals surface area (Å²) in [4.78, 5) is 28.9. The number of hydrogen-bond acceptors (Lipinski definition) is 7. The van der Waals surface area contributed by atoms with E-state index in [9.17, 15) is 9.59 Å². The number of hydrogen-bond donors (Lipinski definition) is 4. The fourth-order valence-electron chi connectivity index (χ4n) is 3.28. The molecule has 0 spiro atoms. The standard InChI is InChI=1S/C24H22N4O4S/c25-22-20-16(14-33-21(20)19(12-27-22)24(31)26-9-10-29)13-32-18-8-4-7-17(11-18)28-23(30)15-5-2-1-3-6-15/h1-8,11-12,14,29H,9-10,13H2,(H2,25,27)(H,26,31)(H,28,30). The van der Waals surface area contributed by atoms with E-state index in [4.69, 9.17) is 15.6 Å². The number of rotatable bonds is 8. The van der Waals surface area contributed by atoms with Crippen molar-refractivity contribution in [3.05, 3.63) is 82.9 Å². The fraction of sp³-hybridized carbons (Fsp3) is 0.125. The maximum absolute atomic E-state index is 12.4. The van der Waals surface area contributed by atoms with Gasteiger partial charge in [-0.15, -0.1) is 11.3 Å². The van der Waals surface area contributed by atoms with Gasteiger partial charge in [0.15, 0.2) is 0 Å². The molecule has 0 fully saturated rings. The number of nitrogens with two attached hydrogens (primary N) is 1. The first-order valence-corrected chi connectivity index (χ1v) is 11.1. The summed E-state index contributed by atoms with van der Waals surface area (Å²) in [6, 6.07) is 16.1. The summed E-state index contributed by atoms with van der Waals surface area (Å²) in [6.45, 7) is 0.221. The zero-order valence-electron chi connectivity index (χ0n) is 17.6. The van der Waals surface area contributed by atoms with Crippen LogP contribution < -0.4 is 21.1 Å². The number of aliphatic hydroxyl groups is 1. The van der Waals surface area contributed by atoms with Gasteiger partial charge < -0.3 is 26.2 Å². The Labute approximate surface area is 194 Å². The highest BCUT2D eigenvalue weighted by Crippen LogP contribution is 2.33. The Morgan fingerprint density at radius 3 is 2.70 bits per heavy atom. The topological polar surface area (TPSA) is 127 Å². The lowest BCUT2D eigenvalue weighted by atomic mass is 10.1. The Balaban J connectivity index is 1.49. The number of carbonyl (C=O) groups is 2. The predicted octanol–water partition coefficient (Wildman–Crippen LogP) is 3.43. The van der Waals surface area contributed by atoms with Crippen molar-refractivity contribution < 1.29 is 19.4 Å². The summed E-state index contributed by atoms with van der Waals surface area (Å²) in [5, 5.41) is 17.0. The fourth-order valence-corrected chi connectivity index (χ4v) is 4.35. The van der Waals surface area contributed by atoms with E-state index in [-0.39, 0.29) is 31.6 Å². The predicted molar refractivity (Wildman–Crippen MR) is 129 cm³/mol. The number of aromatic nitrogens is 1. The molecule has 33 heavy (non-hydrogen) atoms. The van der Waals surface area contributed by atoms with Crippen molar-refractivity contribution in [2.24, 2.45) is 0 Å². The third-order valence-electron chi connectivity index (χ3n) is 4.86. The number of benzene rings is 2. The van der Waals surface area contributed by atoms with Gasteiger partial charge in [-0.05, 0) is 29.6 Å². The average molecular weight is 463 g/mol. The zero-order valence-corrected chi connectivity index (χ0v) is 18.4. The van der Waals surface area contributed by atoms with Gasteiger partial charge in [0, 0.05) is 41.0 Å². The number of fused-ring (bicyclic) bond motifs is 1. The number of ether oxygens (including phenoxy) is 1. The van der Waals surface area contributed by atoms with E-state index in [2.05, 4.69) is 15.6 Å². The Bertz CT molecular complexity index is 1290. The summed E-state index contributed by atoms with van der Waals surface area (Å²) in [7, 11) is 0. The molecular weight excluding hydrogens is 440 g/mol. The molecule has 2 amide bonds. The molecule has 0 aliphatic carbocycles. The zero-order chi connectivity index (χ0) is 23.2. The normalized spacial score (nSPS) is 10.7. The second-order valence-corrected chi connectivity index (χ2v) is 8.02. The van der Waals surface area contributed by atoms with Crippen molar-refractivity contribution >= 4 is 44.7 Å². The van der Waals surface area contributed by atoms with Crippen molar-refractivity contribution in [3.63, 3.8) is 0 Å². The first kappa shape index (κ1) is 22.3. The van der Waals surface area contributed by atoms with Crippen LogP contribution in [0.1, 0.15) is 26.3 Å². The van der Waals surface area contributed by atoms with Gasteiger partial charge in [0.2, 0.25) is 0 Å². The first-order valence-electron chi connectivity index (χ1n) is 10.2. The quantitative estimate of drug-likeness (QED) is 0.318. The van der Waals surface area contributed by atoms with Gasteiger partial charge in [-0.2, -0.15) is 0 Å². The van der Waals surface area contributed by atoms with Crippen LogP contribution in [0, 0.1) is 0 Å². The smallest absolute Gasteiger partial charge is 0.255 e. The highest BCUT2D eigenvalue weighted by Gasteiger charge is 2.17. The number of thiophene rings is 1.